The van der Waals surface area contributed by atoms with Gasteiger partial charge in [-0.3, -0.25) is 4.52 Å². The highest BCUT2D eigenvalue weighted by Crippen LogP contribution is 1.97. The van der Waals surface area contributed by atoms with Gasteiger partial charge in [0.2, 0.25) is 0 Å². The fourth-order valence-corrected chi connectivity index (χ4v) is 0.526. The van der Waals surface area contributed by atoms with Crippen molar-refractivity contribution in [3.05, 3.63) is 12.2 Å². The summed E-state index contributed by atoms with van der Waals surface area (Å²) in [6.07, 6.45) is 0. The van der Waals surface area contributed by atoms with E-state index in [9.17, 15) is 4.57 Å². The van der Waals surface area contributed by atoms with Crippen molar-refractivity contribution in [3.8, 4) is 11.8 Å². The fraction of sp³-hybridized carbons (Fsp3) is 0.333. The molecule has 9 heavy (non-hydrogen) atoms. The van der Waals surface area contributed by atoms with E-state index in [2.05, 4.69) is 22.9 Å². The maximum absolute atomic E-state index is 9.70. The van der Waals surface area contributed by atoms with Gasteiger partial charge in [0.05, 0.1) is 6.61 Å². The van der Waals surface area contributed by atoms with Gasteiger partial charge in [0.15, 0.2) is 0 Å². The van der Waals surface area contributed by atoms with Crippen LogP contribution in [0.25, 0.3) is 0 Å². The third-order valence-electron chi connectivity index (χ3n) is 0.593. The van der Waals surface area contributed by atoms with Gasteiger partial charge in [-0.1, -0.05) is 12.5 Å². The quantitative estimate of drug-likeness (QED) is 0.443. The largest absolute Gasteiger partial charge is 0.327 e. The molecule has 48 valence electrons. The molecule has 0 aromatic rings. The molecule has 0 atom stereocenters. The van der Waals surface area contributed by atoms with E-state index in [4.69, 9.17) is 0 Å². The second-order valence-corrected chi connectivity index (χ2v) is 1.73. The van der Waals surface area contributed by atoms with Gasteiger partial charge in [-0.2, -0.15) is 0 Å². The summed E-state index contributed by atoms with van der Waals surface area (Å²) in [7, 11) is -0.323. The Balaban J connectivity index is 3.47. The van der Waals surface area contributed by atoms with Crippen LogP contribution in [0.2, 0.25) is 0 Å². The van der Waals surface area contributed by atoms with Crippen LogP contribution in [0.1, 0.15) is 6.92 Å². The summed E-state index contributed by atoms with van der Waals surface area (Å²) in [4.78, 5) is 0. The van der Waals surface area contributed by atoms with Crippen molar-refractivity contribution >= 4 is 8.69 Å². The molecule has 0 bridgehead atoms. The van der Waals surface area contributed by atoms with E-state index in [1.165, 1.54) is 0 Å². The smallest absolute Gasteiger partial charge is 0.289 e. The van der Waals surface area contributed by atoms with Crippen LogP contribution in [0.4, 0.5) is 0 Å². The molecule has 0 spiro atoms. The van der Waals surface area contributed by atoms with Crippen LogP contribution >= 0.6 is 8.69 Å². The lowest BCUT2D eigenvalue weighted by Gasteiger charge is -1.88. The molecule has 3 heteroatoms. The van der Waals surface area contributed by atoms with Crippen LogP contribution < -0.4 is 0 Å². The van der Waals surface area contributed by atoms with E-state index < -0.39 is 0 Å². The molecule has 0 unspecified atom stereocenters. The molecule has 0 amide bonds. The molecule has 0 aromatic carbocycles. The minimum atomic E-state index is -0.323. The highest BCUT2D eigenvalue weighted by atomic mass is 31.1. The zero-order chi connectivity index (χ0) is 7.11. The average molecular weight is 142 g/mol. The Labute approximate surface area is 56.2 Å². The van der Waals surface area contributed by atoms with Gasteiger partial charge >= 0.3 is 8.69 Å². The summed E-state index contributed by atoms with van der Waals surface area (Å²) in [5.41, 5.74) is 0.640. The summed E-state index contributed by atoms with van der Waals surface area (Å²) in [6, 6.07) is 0. The average Bonchev–Trinajstić information content (AvgIpc) is 1.85. The standard InChI is InChI=1S/C6H7O2P/c1-3-4-6(2)5-8-9-7/h2,5H2,1H3. The van der Waals surface area contributed by atoms with E-state index in [0.717, 1.165) is 0 Å². The Kier molecular flexibility index (Phi) is 5.11. The minimum absolute atomic E-state index is 0.242. The first kappa shape index (κ1) is 8.36. The van der Waals surface area contributed by atoms with E-state index in [-0.39, 0.29) is 15.3 Å². The first-order valence-electron chi connectivity index (χ1n) is 2.36. The van der Waals surface area contributed by atoms with Crippen LogP contribution in [-0.2, 0) is 9.09 Å². The number of hydrogen-bond donors (Lipinski definition) is 0. The monoisotopic (exact) mass is 142 g/mol. The zero-order valence-electron chi connectivity index (χ0n) is 5.18. The molecule has 0 heterocycles. The van der Waals surface area contributed by atoms with Crippen molar-refractivity contribution in [2.45, 2.75) is 6.92 Å². The lowest BCUT2D eigenvalue weighted by atomic mass is 10.3. The van der Waals surface area contributed by atoms with Crippen LogP contribution in [0, 0.1) is 11.8 Å². The van der Waals surface area contributed by atoms with Crippen LogP contribution in [0.3, 0.4) is 0 Å². The maximum atomic E-state index is 9.70. The second kappa shape index (κ2) is 5.50. The van der Waals surface area contributed by atoms with Crippen molar-refractivity contribution < 1.29 is 9.09 Å². The molecule has 0 rings (SSSR count). The Morgan fingerprint density at radius 2 is 2.56 bits per heavy atom. The Morgan fingerprint density at radius 3 is 3.00 bits per heavy atom. The van der Waals surface area contributed by atoms with E-state index in [0.29, 0.717) is 5.57 Å². The van der Waals surface area contributed by atoms with Crippen molar-refractivity contribution in [3.63, 3.8) is 0 Å². The summed E-state index contributed by atoms with van der Waals surface area (Å²) < 4.78 is 14.2. The number of rotatable bonds is 3. The van der Waals surface area contributed by atoms with Gasteiger partial charge in [-0.25, -0.2) is 4.57 Å². The van der Waals surface area contributed by atoms with Crippen molar-refractivity contribution in [1.29, 1.82) is 0 Å². The Bertz CT molecular complexity index is 164. The predicted octanol–water partition coefficient (Wildman–Crippen LogP) is 1.79. The summed E-state index contributed by atoms with van der Waals surface area (Å²) >= 11 is 0. The van der Waals surface area contributed by atoms with E-state index >= 15 is 0 Å². The van der Waals surface area contributed by atoms with Crippen molar-refractivity contribution in [2.75, 3.05) is 6.61 Å². The molecule has 0 radical (unpaired) electrons. The molecule has 0 aliphatic heterocycles. The fourth-order valence-electron chi connectivity index (χ4n) is 0.317. The maximum Gasteiger partial charge on any atom is 0.327 e. The van der Waals surface area contributed by atoms with Gasteiger partial charge < -0.3 is 0 Å². The summed E-state index contributed by atoms with van der Waals surface area (Å²) in [5, 5.41) is 0. The SMILES string of the molecule is C=C(C#CC)COP=O. The molecular weight excluding hydrogens is 135 g/mol. The molecule has 0 saturated heterocycles. The second-order valence-electron chi connectivity index (χ2n) is 1.33. The zero-order valence-corrected chi connectivity index (χ0v) is 6.07. The van der Waals surface area contributed by atoms with Gasteiger partial charge in [0.1, 0.15) is 0 Å². The van der Waals surface area contributed by atoms with E-state index in [1.807, 2.05) is 0 Å². The molecule has 0 fully saturated rings. The van der Waals surface area contributed by atoms with Crippen molar-refractivity contribution in [1.82, 2.24) is 0 Å². The molecule has 0 aliphatic carbocycles. The first-order valence-corrected chi connectivity index (χ1v) is 3.09. The Hall–Kier alpha value is -0.640. The van der Waals surface area contributed by atoms with Crippen LogP contribution in [0.15, 0.2) is 12.2 Å². The van der Waals surface area contributed by atoms with Crippen molar-refractivity contribution in [2.24, 2.45) is 0 Å². The third kappa shape index (κ3) is 5.23. The lowest BCUT2D eigenvalue weighted by Crippen LogP contribution is -1.84. The highest BCUT2D eigenvalue weighted by Gasteiger charge is 1.85. The normalized spacial score (nSPS) is 8.11. The molecule has 0 aromatic heterocycles. The summed E-state index contributed by atoms with van der Waals surface area (Å²) in [6.45, 7) is 5.49. The third-order valence-corrected chi connectivity index (χ3v) is 0.828. The molecule has 0 N–H and O–H groups in total. The van der Waals surface area contributed by atoms with Crippen LogP contribution in [0.5, 0.6) is 0 Å². The predicted molar refractivity (Wildman–Crippen MR) is 36.1 cm³/mol. The Morgan fingerprint density at radius 1 is 1.89 bits per heavy atom. The molecule has 0 saturated carbocycles. The molecule has 0 aliphatic rings. The first-order chi connectivity index (χ1) is 4.31. The summed E-state index contributed by atoms with van der Waals surface area (Å²) in [5.74, 6) is 5.31. The lowest BCUT2D eigenvalue weighted by molar-refractivity contribution is 0.381. The van der Waals surface area contributed by atoms with Gasteiger partial charge in [-0.05, 0) is 6.92 Å². The minimum Gasteiger partial charge on any atom is -0.289 e. The van der Waals surface area contributed by atoms with Gasteiger partial charge in [-0.15, -0.1) is 5.92 Å². The molecule has 2 nitrogen and oxygen atoms in total. The van der Waals surface area contributed by atoms with Gasteiger partial charge in [0.25, 0.3) is 0 Å². The van der Waals surface area contributed by atoms with Gasteiger partial charge in [0, 0.05) is 5.57 Å². The van der Waals surface area contributed by atoms with E-state index in [1.54, 1.807) is 6.92 Å². The number of hydrogen-bond acceptors (Lipinski definition) is 2. The molecular formula is C6H7O2P. The van der Waals surface area contributed by atoms with Crippen LogP contribution in [-0.4, -0.2) is 6.61 Å². The topological polar surface area (TPSA) is 26.3 Å². The highest BCUT2D eigenvalue weighted by molar-refractivity contribution is 7.17.